The van der Waals surface area contributed by atoms with Gasteiger partial charge in [-0.25, -0.2) is 4.79 Å². The van der Waals surface area contributed by atoms with Gasteiger partial charge < -0.3 is 15.7 Å². The second-order valence-corrected chi connectivity index (χ2v) is 4.99. The third-order valence-corrected chi connectivity index (χ3v) is 3.10. The van der Waals surface area contributed by atoms with Crippen molar-refractivity contribution in [2.24, 2.45) is 0 Å². The van der Waals surface area contributed by atoms with E-state index in [2.05, 4.69) is 10.6 Å². The zero-order valence-corrected chi connectivity index (χ0v) is 12.9. The lowest BCUT2D eigenvalue weighted by molar-refractivity contribution is -0.139. The van der Waals surface area contributed by atoms with Gasteiger partial charge in [0.15, 0.2) is 0 Å². The molecule has 0 aliphatic heterocycles. The lowest BCUT2D eigenvalue weighted by Gasteiger charge is -2.14. The van der Waals surface area contributed by atoms with E-state index in [1.54, 1.807) is 18.2 Å². The normalized spacial score (nSPS) is 11.5. The minimum Gasteiger partial charge on any atom is -0.480 e. The molecule has 1 aromatic rings. The molecule has 6 nitrogen and oxygen atoms in total. The first kappa shape index (κ1) is 17.7. The van der Waals surface area contributed by atoms with Crippen molar-refractivity contribution in [1.29, 1.82) is 0 Å². The van der Waals surface area contributed by atoms with Crippen molar-refractivity contribution < 1.29 is 19.5 Å². The first-order valence-electron chi connectivity index (χ1n) is 7.41. The summed E-state index contributed by atoms with van der Waals surface area (Å²) in [6.07, 6.45) is 1.83. The number of carbonyl (C=O) groups is 3. The lowest BCUT2D eigenvalue weighted by atomic mass is 10.1. The van der Waals surface area contributed by atoms with Crippen LogP contribution in [0.25, 0.3) is 0 Å². The zero-order chi connectivity index (χ0) is 16.5. The Hall–Kier alpha value is -2.37. The van der Waals surface area contributed by atoms with E-state index >= 15 is 0 Å². The Bertz CT molecular complexity index is 543. The van der Waals surface area contributed by atoms with Gasteiger partial charge in [0, 0.05) is 17.7 Å². The molecule has 1 atom stereocenters. The molecular formula is C16H22N2O4. The molecule has 22 heavy (non-hydrogen) atoms. The number of aliphatic carboxylic acids is 1. The molecule has 6 heteroatoms. The molecule has 0 aliphatic carbocycles. The van der Waals surface area contributed by atoms with E-state index in [4.69, 9.17) is 5.11 Å². The van der Waals surface area contributed by atoms with Gasteiger partial charge in [-0.2, -0.15) is 0 Å². The summed E-state index contributed by atoms with van der Waals surface area (Å²) in [4.78, 5) is 35.1. The number of hydrogen-bond acceptors (Lipinski definition) is 3. The molecule has 0 heterocycles. The Kier molecular flexibility index (Phi) is 7.08. The van der Waals surface area contributed by atoms with Crippen molar-refractivity contribution in [2.75, 3.05) is 6.54 Å². The fraction of sp³-hybridized carbons (Fsp3) is 0.438. The average molecular weight is 306 g/mol. The number of hydrogen-bond donors (Lipinski definition) is 3. The Morgan fingerprint density at radius 2 is 1.73 bits per heavy atom. The van der Waals surface area contributed by atoms with Gasteiger partial charge in [0.2, 0.25) is 0 Å². The van der Waals surface area contributed by atoms with Crippen molar-refractivity contribution in [1.82, 2.24) is 10.6 Å². The SMILES string of the molecule is CCCNC(=O)c1cccc(C(=O)NC(CCC)C(=O)O)c1. The molecule has 0 fully saturated rings. The van der Waals surface area contributed by atoms with E-state index in [1.165, 1.54) is 6.07 Å². The molecule has 1 aromatic carbocycles. The number of benzene rings is 1. The number of rotatable bonds is 8. The van der Waals surface area contributed by atoms with E-state index < -0.39 is 17.9 Å². The van der Waals surface area contributed by atoms with Crippen LogP contribution >= 0.6 is 0 Å². The smallest absolute Gasteiger partial charge is 0.326 e. The third kappa shape index (κ3) is 5.20. The first-order chi connectivity index (χ1) is 10.5. The summed E-state index contributed by atoms with van der Waals surface area (Å²) in [7, 11) is 0. The fourth-order valence-corrected chi connectivity index (χ4v) is 1.93. The molecule has 120 valence electrons. The van der Waals surface area contributed by atoms with Crippen LogP contribution in [0.2, 0.25) is 0 Å². The maximum absolute atomic E-state index is 12.1. The number of amides is 2. The van der Waals surface area contributed by atoms with Crippen LogP contribution in [0.15, 0.2) is 24.3 Å². The van der Waals surface area contributed by atoms with Crippen LogP contribution in [0.3, 0.4) is 0 Å². The highest BCUT2D eigenvalue weighted by molar-refractivity contribution is 6.00. The monoisotopic (exact) mass is 306 g/mol. The molecule has 0 aliphatic rings. The van der Waals surface area contributed by atoms with Crippen LogP contribution in [-0.4, -0.2) is 35.5 Å². The summed E-state index contributed by atoms with van der Waals surface area (Å²) in [5.74, 6) is -1.81. The summed E-state index contributed by atoms with van der Waals surface area (Å²) < 4.78 is 0. The second-order valence-electron chi connectivity index (χ2n) is 4.99. The molecule has 3 N–H and O–H groups in total. The van der Waals surface area contributed by atoms with Gasteiger partial charge in [0.25, 0.3) is 11.8 Å². The van der Waals surface area contributed by atoms with Crippen molar-refractivity contribution in [3.05, 3.63) is 35.4 Å². The van der Waals surface area contributed by atoms with E-state index in [-0.39, 0.29) is 11.5 Å². The number of carboxylic acid groups (broad SMARTS) is 1. The molecule has 0 radical (unpaired) electrons. The van der Waals surface area contributed by atoms with Gasteiger partial charge >= 0.3 is 5.97 Å². The summed E-state index contributed by atoms with van der Waals surface area (Å²) in [5, 5.41) is 14.3. The van der Waals surface area contributed by atoms with Crippen molar-refractivity contribution in [3.8, 4) is 0 Å². The zero-order valence-electron chi connectivity index (χ0n) is 12.9. The Morgan fingerprint density at radius 1 is 1.09 bits per heavy atom. The molecule has 1 rings (SSSR count). The predicted octanol–water partition coefficient (Wildman–Crippen LogP) is 1.81. The molecule has 1 unspecified atom stereocenters. The quantitative estimate of drug-likeness (QED) is 0.682. The van der Waals surface area contributed by atoms with Gasteiger partial charge in [-0.05, 0) is 31.0 Å². The van der Waals surface area contributed by atoms with Crippen molar-refractivity contribution in [3.63, 3.8) is 0 Å². The van der Waals surface area contributed by atoms with E-state index in [0.29, 0.717) is 24.9 Å². The lowest BCUT2D eigenvalue weighted by Crippen LogP contribution is -2.40. The van der Waals surface area contributed by atoms with Gasteiger partial charge in [-0.15, -0.1) is 0 Å². The fourth-order valence-electron chi connectivity index (χ4n) is 1.93. The van der Waals surface area contributed by atoms with Crippen molar-refractivity contribution in [2.45, 2.75) is 39.2 Å². The van der Waals surface area contributed by atoms with Crippen LogP contribution < -0.4 is 10.6 Å². The molecular weight excluding hydrogens is 284 g/mol. The summed E-state index contributed by atoms with van der Waals surface area (Å²) >= 11 is 0. The largest absolute Gasteiger partial charge is 0.480 e. The van der Waals surface area contributed by atoms with Gasteiger partial charge in [-0.3, -0.25) is 9.59 Å². The minimum absolute atomic E-state index is 0.250. The van der Waals surface area contributed by atoms with Gasteiger partial charge in [0.1, 0.15) is 6.04 Å². The predicted molar refractivity (Wildman–Crippen MR) is 82.9 cm³/mol. The Balaban J connectivity index is 2.81. The summed E-state index contributed by atoms with van der Waals surface area (Å²) in [6, 6.07) is 5.31. The van der Waals surface area contributed by atoms with E-state index in [9.17, 15) is 14.4 Å². The van der Waals surface area contributed by atoms with E-state index in [0.717, 1.165) is 6.42 Å². The molecule has 0 aromatic heterocycles. The standard InChI is InChI=1S/C16H22N2O4/c1-3-6-13(16(21)22)18-15(20)12-8-5-7-11(10-12)14(19)17-9-4-2/h5,7-8,10,13H,3-4,6,9H2,1-2H3,(H,17,19)(H,18,20)(H,21,22). The maximum atomic E-state index is 12.1. The average Bonchev–Trinajstić information content (AvgIpc) is 2.52. The molecule has 0 spiro atoms. The Labute approximate surface area is 129 Å². The number of carboxylic acids is 1. The molecule has 0 saturated heterocycles. The van der Waals surface area contributed by atoms with Crippen LogP contribution in [0.1, 0.15) is 53.8 Å². The summed E-state index contributed by atoms with van der Waals surface area (Å²) in [6.45, 7) is 4.36. The summed E-state index contributed by atoms with van der Waals surface area (Å²) in [5.41, 5.74) is 0.648. The van der Waals surface area contributed by atoms with Gasteiger partial charge in [-0.1, -0.05) is 26.3 Å². The highest BCUT2D eigenvalue weighted by atomic mass is 16.4. The topological polar surface area (TPSA) is 95.5 Å². The highest BCUT2D eigenvalue weighted by Crippen LogP contribution is 2.07. The van der Waals surface area contributed by atoms with Crippen LogP contribution in [0.4, 0.5) is 0 Å². The second kappa shape index (κ2) is 8.81. The molecule has 0 bridgehead atoms. The van der Waals surface area contributed by atoms with Gasteiger partial charge in [0.05, 0.1) is 0 Å². The Morgan fingerprint density at radius 3 is 2.27 bits per heavy atom. The van der Waals surface area contributed by atoms with Crippen molar-refractivity contribution >= 4 is 17.8 Å². The molecule has 2 amide bonds. The highest BCUT2D eigenvalue weighted by Gasteiger charge is 2.20. The number of carbonyl (C=O) groups excluding carboxylic acids is 2. The maximum Gasteiger partial charge on any atom is 0.326 e. The van der Waals surface area contributed by atoms with Crippen LogP contribution in [-0.2, 0) is 4.79 Å². The molecule has 0 saturated carbocycles. The number of nitrogens with one attached hydrogen (secondary N) is 2. The van der Waals surface area contributed by atoms with Crippen LogP contribution in [0, 0.1) is 0 Å². The minimum atomic E-state index is -1.06. The van der Waals surface area contributed by atoms with E-state index in [1.807, 2.05) is 13.8 Å². The third-order valence-electron chi connectivity index (χ3n) is 3.10. The van der Waals surface area contributed by atoms with Crippen LogP contribution in [0.5, 0.6) is 0 Å². The first-order valence-corrected chi connectivity index (χ1v) is 7.41.